The van der Waals surface area contributed by atoms with Crippen LogP contribution in [0.15, 0.2) is 24.3 Å². The predicted octanol–water partition coefficient (Wildman–Crippen LogP) is -6.65. The van der Waals surface area contributed by atoms with Crippen LogP contribution in [-0.2, 0) is 68.1 Å². The van der Waals surface area contributed by atoms with E-state index in [4.69, 9.17) is 66.3 Å². The average molecular weight is 1760 g/mol. The van der Waals surface area contributed by atoms with Crippen molar-refractivity contribution in [3.05, 3.63) is 44.1 Å². The van der Waals surface area contributed by atoms with E-state index < -0.39 is 217 Å². The maximum atomic E-state index is 11.9. The smallest absolute Gasteiger partial charge is 0.189 e. The Balaban J connectivity index is 0.944. The molecular weight excluding hydrogens is 1680 g/mol. The molecule has 18 N–H and O–H groups in total. The summed E-state index contributed by atoms with van der Waals surface area (Å²) in [7, 11) is 0. The Morgan fingerprint density at radius 2 is 0.703 bits per heavy atom. The minimum atomic E-state index is -2.17. The van der Waals surface area contributed by atoms with E-state index >= 15 is 0 Å². The summed E-state index contributed by atoms with van der Waals surface area (Å²) < 4.78 is 86.0. The molecule has 0 spiro atoms. The molecule has 22 heterocycles. The minimum absolute atomic E-state index is 0.0355. The number of carbonyl (C=O) groups excluding carboxylic acids is 1. The third-order valence-electron chi connectivity index (χ3n) is 16.3. The topological polar surface area (TPSA) is 502 Å². The van der Waals surface area contributed by atoms with Crippen LogP contribution >= 0.6 is 90.4 Å². The Kier molecular flexibility index (Phi) is 27.1. The molecule has 12 unspecified atom stereocenters. The largest absolute Gasteiger partial charge is 0.491 e. The van der Waals surface area contributed by atoms with E-state index in [1.165, 1.54) is 6.92 Å². The van der Waals surface area contributed by atoms with E-state index in [9.17, 15) is 91.6 Å². The normalized spacial score (nSPS) is 43.3. The summed E-state index contributed by atoms with van der Waals surface area (Å²) in [4.78, 5) is 11.8. The number of ketones is 1. The van der Waals surface area contributed by atoms with E-state index in [1.54, 1.807) is 12.1 Å². The summed E-state index contributed by atoms with van der Waals surface area (Å²) in [5, 5.41) is 194. The predicted molar refractivity (Wildman–Crippen MR) is 330 cm³/mol. The number of halogens is 4. The van der Waals surface area contributed by atoms with Crippen molar-refractivity contribution >= 4 is 96.1 Å². The van der Waals surface area contributed by atoms with Crippen molar-refractivity contribution in [3.8, 4) is 17.2 Å². The first-order valence-corrected chi connectivity index (χ1v) is 33.2. The van der Waals surface area contributed by atoms with Gasteiger partial charge < -0.3 is 158 Å². The van der Waals surface area contributed by atoms with Crippen LogP contribution in [0.25, 0.3) is 0 Å². The van der Waals surface area contributed by atoms with Gasteiger partial charge in [-0.25, -0.2) is 0 Å². The molecule has 33 nitrogen and oxygen atoms in total. The molecule has 22 aliphatic rings. The third-order valence-corrected chi connectivity index (χ3v) is 19.5. The lowest BCUT2D eigenvalue weighted by Gasteiger charge is -2.50. The quantitative estimate of drug-likeness (QED) is 0.0549. The van der Waals surface area contributed by atoms with Gasteiger partial charge in [0.25, 0.3) is 0 Å². The van der Waals surface area contributed by atoms with Crippen LogP contribution in [0.5, 0.6) is 17.2 Å². The Morgan fingerprint density at radius 1 is 0.407 bits per heavy atom. The molecule has 24 rings (SSSR count). The highest BCUT2D eigenvalue weighted by Crippen LogP contribution is 2.41. The highest BCUT2D eigenvalue weighted by molar-refractivity contribution is 14.1. The second-order valence-electron chi connectivity index (χ2n) is 22.7. The Bertz CT molecular complexity index is 2650. The Hall–Kier alpha value is -0.570. The molecule has 0 amide bonds. The van der Waals surface area contributed by atoms with Crippen molar-refractivity contribution in [1.82, 2.24) is 5.32 Å². The van der Waals surface area contributed by atoms with E-state index in [1.807, 2.05) is 12.1 Å². The summed E-state index contributed by atoms with van der Waals surface area (Å²) in [6.07, 6.45) is -57.9. The molecular formula is C54H75I4NO32. The van der Waals surface area contributed by atoms with Crippen molar-refractivity contribution in [2.24, 2.45) is 0 Å². The van der Waals surface area contributed by atoms with E-state index in [-0.39, 0.29) is 25.5 Å². The van der Waals surface area contributed by atoms with Crippen LogP contribution in [0.3, 0.4) is 0 Å². The summed E-state index contributed by atoms with van der Waals surface area (Å²) in [6, 6.07) is 7.40. The highest BCUT2D eigenvalue weighted by Gasteiger charge is 2.59. The van der Waals surface area contributed by atoms with Crippen LogP contribution in [0.1, 0.15) is 18.9 Å². The number of aliphatic hydroxyl groups is 17. The maximum Gasteiger partial charge on any atom is 0.189 e. The second kappa shape index (κ2) is 33.1. The van der Waals surface area contributed by atoms with Crippen LogP contribution < -0.4 is 14.8 Å². The first-order chi connectivity index (χ1) is 43.3. The van der Waals surface area contributed by atoms with Gasteiger partial charge in [0.1, 0.15) is 164 Å². The number of benzene rings is 2. The number of rotatable bonds is 16. The molecule has 2 aromatic carbocycles. The summed E-state index contributed by atoms with van der Waals surface area (Å²) >= 11 is 8.58. The molecule has 0 aliphatic carbocycles. The lowest BCUT2D eigenvalue weighted by molar-refractivity contribution is -0.407. The second-order valence-corrected chi connectivity index (χ2v) is 27.3. The Morgan fingerprint density at radius 3 is 1.03 bits per heavy atom. The fourth-order valence-electron chi connectivity index (χ4n) is 11.5. The molecule has 0 saturated carbocycles. The SMILES string of the molecule is CC(=O)Cc1cc(I)c(Oc2cc(I)c(OCCCNCC3O[C@@H]4O[C@@H]5OC(CO)[C@H](O[C@H]6OC(CO)[C@H](O[C@H]7OC(CO)[C@H](O[C@@H]8C(CO)O[C@@H](O[C@@H]9C(CO)O[C@H](O[C@H]3C(O)[C@@H]4O)[C@@H](O)C9O)[C@@H](O)C8O)C(O)[C@H]7O)C(O)[C@H]6O)C(O)[C@H]5O)c(I)c2)c(I)c1. The van der Waals surface area contributed by atoms with Gasteiger partial charge in [0.2, 0.25) is 0 Å². The molecule has 91 heavy (non-hydrogen) atoms. The van der Waals surface area contributed by atoms with Crippen LogP contribution in [0.4, 0.5) is 0 Å². The molecule has 22 fully saturated rings. The van der Waals surface area contributed by atoms with Crippen LogP contribution in [0, 0.1) is 14.3 Å². The van der Waals surface area contributed by atoms with Gasteiger partial charge >= 0.3 is 0 Å². The van der Waals surface area contributed by atoms with Crippen molar-refractivity contribution < 1.29 is 158 Å². The summed E-state index contributed by atoms with van der Waals surface area (Å²) in [6.45, 7) is -3.43. The van der Waals surface area contributed by atoms with Gasteiger partial charge in [0.15, 0.2) is 43.5 Å². The number of carbonyl (C=O) groups is 1. The van der Waals surface area contributed by atoms with Gasteiger partial charge in [-0.1, -0.05) is 0 Å². The molecule has 12 bridgehead atoms. The zero-order chi connectivity index (χ0) is 66.0. The maximum absolute atomic E-state index is 11.9. The van der Waals surface area contributed by atoms with Gasteiger partial charge in [-0.3, -0.25) is 4.79 Å². The summed E-state index contributed by atoms with van der Waals surface area (Å²) in [5.41, 5.74) is 0.869. The van der Waals surface area contributed by atoms with E-state index in [0.717, 1.165) is 19.8 Å². The van der Waals surface area contributed by atoms with E-state index in [0.29, 0.717) is 30.1 Å². The lowest BCUT2D eigenvalue weighted by atomic mass is 9.94. The molecule has 2 aromatic rings. The third kappa shape index (κ3) is 16.7. The Labute approximate surface area is 573 Å². The fourth-order valence-corrected chi connectivity index (χ4v) is 15.7. The van der Waals surface area contributed by atoms with Crippen molar-refractivity contribution in [2.45, 2.75) is 204 Å². The number of aliphatic hydroxyl groups excluding tert-OH is 17. The van der Waals surface area contributed by atoms with Gasteiger partial charge in [0.05, 0.1) is 53.9 Å². The zero-order valence-electron chi connectivity index (χ0n) is 47.9. The minimum Gasteiger partial charge on any atom is -0.491 e. The number of nitrogens with one attached hydrogen (secondary N) is 1. The monoisotopic (exact) mass is 1760 g/mol. The number of Topliss-reactive ketones (excluding diaryl/α,β-unsaturated/α-hetero) is 1. The van der Waals surface area contributed by atoms with Gasteiger partial charge in [-0.05, 0) is 140 Å². The number of hydrogen-bond acceptors (Lipinski definition) is 33. The molecule has 516 valence electrons. The molecule has 0 aromatic heterocycles. The summed E-state index contributed by atoms with van der Waals surface area (Å²) in [5.74, 6) is 1.78. The van der Waals surface area contributed by atoms with E-state index in [2.05, 4.69) is 95.7 Å². The van der Waals surface area contributed by atoms with Crippen molar-refractivity contribution in [1.29, 1.82) is 0 Å². The van der Waals surface area contributed by atoms with Crippen LogP contribution in [0.2, 0.25) is 0 Å². The lowest BCUT2D eigenvalue weighted by Crippen LogP contribution is -2.69. The van der Waals surface area contributed by atoms with Gasteiger partial charge in [0, 0.05) is 13.0 Å². The molecule has 30 atom stereocenters. The van der Waals surface area contributed by atoms with Crippen LogP contribution in [-0.4, -0.2) is 330 Å². The first kappa shape index (κ1) is 74.6. The van der Waals surface area contributed by atoms with Gasteiger partial charge in [-0.15, -0.1) is 0 Å². The fraction of sp³-hybridized carbons (Fsp3) is 0.759. The van der Waals surface area contributed by atoms with Gasteiger partial charge in [-0.2, -0.15) is 0 Å². The van der Waals surface area contributed by atoms with Crippen molar-refractivity contribution in [2.75, 3.05) is 52.7 Å². The standard InChI is InChI=1S/C54H75I4NO32/c1-16(65)5-17-6-19(55)42(20(56)7-17)79-18-8-21(57)41(22(58)9-18)78-4-2-3-59-10-23-43-29(66)39(76)53(80-23)91-54-40(77)34(71)48(28(15-64)85-54)90-52-38(75)33(70)47(27(14-63)84-52)89-51-36(73)31(68)45(25(12-61)82-51)86-44-24(11-60)81-50(35(72)30(44)67)88-46-26(13-62)83-49(87-43)37(74)32(46)69/h6-9,23-40,43-54,59-64,66-77H,2-5,10-15H2,1H3/t23?,24?,25?,26?,27?,28?,29?,30?,31?,32?,33?,34?,35-,36+,37-,38+,39-,40+,43+,44+,45-,46+,47-,48-,49+,50-,51+,52+,53+,54-/m0/s1. The first-order valence-electron chi connectivity index (χ1n) is 28.9. The molecule has 37 heteroatoms. The number of ether oxygens (including phenoxy) is 14. The molecule has 0 radical (unpaired) electrons. The van der Waals surface area contributed by atoms with Crippen molar-refractivity contribution in [3.63, 3.8) is 0 Å². The zero-order valence-corrected chi connectivity index (χ0v) is 56.6. The average Bonchev–Trinajstić information content (AvgIpc) is 0.840. The molecule has 22 saturated heterocycles. The number of hydrogen-bond donors (Lipinski definition) is 18. The molecule has 22 aliphatic heterocycles. The highest BCUT2D eigenvalue weighted by atomic mass is 127.